The van der Waals surface area contributed by atoms with Crippen LogP contribution in [0.15, 0.2) is 30.4 Å². The van der Waals surface area contributed by atoms with Gasteiger partial charge in [-0.25, -0.2) is 0 Å². The number of methoxy groups -OCH3 is 1. The van der Waals surface area contributed by atoms with E-state index in [0.717, 1.165) is 37.7 Å². The largest absolute Gasteiger partial charge is 0.504 e. The lowest BCUT2D eigenvalue weighted by atomic mass is 10.1. The second-order valence-electron chi connectivity index (χ2n) is 4.87. The molecule has 0 radical (unpaired) electrons. The second-order valence-corrected chi connectivity index (χ2v) is 4.87. The van der Waals surface area contributed by atoms with Gasteiger partial charge in [0.15, 0.2) is 17.3 Å². The van der Waals surface area contributed by atoms with Crippen molar-refractivity contribution in [3.63, 3.8) is 0 Å². The van der Waals surface area contributed by atoms with E-state index in [-0.39, 0.29) is 11.5 Å². The zero-order valence-corrected chi connectivity index (χ0v) is 12.4. The summed E-state index contributed by atoms with van der Waals surface area (Å²) in [5.41, 5.74) is 1.09. The van der Waals surface area contributed by atoms with E-state index >= 15 is 0 Å². The van der Waals surface area contributed by atoms with E-state index in [0.29, 0.717) is 12.2 Å². The topological polar surface area (TPSA) is 46.5 Å². The van der Waals surface area contributed by atoms with Crippen molar-refractivity contribution >= 4 is 5.78 Å². The van der Waals surface area contributed by atoms with Gasteiger partial charge in [0.25, 0.3) is 0 Å². The summed E-state index contributed by atoms with van der Waals surface area (Å²) in [6.07, 6.45) is 9.14. The van der Waals surface area contributed by atoms with Gasteiger partial charge in [0.05, 0.1) is 7.11 Å². The number of aromatic hydroxyl groups is 1. The van der Waals surface area contributed by atoms with Crippen LogP contribution in [0.1, 0.15) is 44.6 Å². The number of phenols is 1. The number of ether oxygens (including phenoxy) is 1. The molecule has 0 aliphatic heterocycles. The number of allylic oxidation sites excluding steroid dienone is 2. The van der Waals surface area contributed by atoms with E-state index in [2.05, 4.69) is 6.92 Å². The summed E-state index contributed by atoms with van der Waals surface area (Å²) in [5, 5.41) is 9.50. The van der Waals surface area contributed by atoms with Crippen molar-refractivity contribution in [2.75, 3.05) is 7.11 Å². The standard InChI is InChI=1S/C17H24O3/c1-3-4-5-9-15(18)10-7-6-8-14-11-12-16(19)17(13-14)20-2/h7,10-13,19H,3-6,8-9H2,1-2H3/b10-7+. The first-order chi connectivity index (χ1) is 9.67. The van der Waals surface area contributed by atoms with E-state index < -0.39 is 0 Å². The second kappa shape index (κ2) is 9.18. The number of benzene rings is 1. The van der Waals surface area contributed by atoms with Crippen molar-refractivity contribution in [1.29, 1.82) is 0 Å². The minimum Gasteiger partial charge on any atom is -0.504 e. The van der Waals surface area contributed by atoms with Gasteiger partial charge >= 0.3 is 0 Å². The molecule has 0 atom stereocenters. The number of hydrogen-bond acceptors (Lipinski definition) is 3. The van der Waals surface area contributed by atoms with Crippen LogP contribution in [0, 0.1) is 0 Å². The summed E-state index contributed by atoms with van der Waals surface area (Å²) in [7, 11) is 1.54. The zero-order chi connectivity index (χ0) is 14.8. The predicted octanol–water partition coefficient (Wildman–Crippen LogP) is 4.04. The third-order valence-electron chi connectivity index (χ3n) is 3.17. The Hall–Kier alpha value is -1.77. The molecule has 0 fully saturated rings. The molecule has 3 heteroatoms. The molecule has 0 unspecified atom stereocenters. The Labute approximate surface area is 121 Å². The Morgan fingerprint density at radius 1 is 1.35 bits per heavy atom. The molecule has 20 heavy (non-hydrogen) atoms. The van der Waals surface area contributed by atoms with Gasteiger partial charge in [0.2, 0.25) is 0 Å². The van der Waals surface area contributed by atoms with Crippen LogP contribution in [0.25, 0.3) is 0 Å². The van der Waals surface area contributed by atoms with Gasteiger partial charge in [-0.3, -0.25) is 4.79 Å². The van der Waals surface area contributed by atoms with Crippen molar-refractivity contribution in [1.82, 2.24) is 0 Å². The number of phenolic OH excluding ortho intramolecular Hbond substituents is 1. The maximum atomic E-state index is 11.5. The van der Waals surface area contributed by atoms with Crippen LogP contribution in [-0.2, 0) is 11.2 Å². The minimum atomic E-state index is 0.151. The molecule has 0 aliphatic carbocycles. The lowest BCUT2D eigenvalue weighted by Gasteiger charge is -2.05. The summed E-state index contributed by atoms with van der Waals surface area (Å²) in [4.78, 5) is 11.5. The fourth-order valence-corrected chi connectivity index (χ4v) is 1.97. The number of aryl methyl sites for hydroxylation is 1. The minimum absolute atomic E-state index is 0.151. The van der Waals surface area contributed by atoms with E-state index in [4.69, 9.17) is 4.74 Å². The Balaban J connectivity index is 2.35. The molecular weight excluding hydrogens is 252 g/mol. The third kappa shape index (κ3) is 5.91. The summed E-state index contributed by atoms with van der Waals surface area (Å²) >= 11 is 0. The molecule has 1 aromatic carbocycles. The fraction of sp³-hybridized carbons (Fsp3) is 0.471. The summed E-state index contributed by atoms with van der Waals surface area (Å²) < 4.78 is 5.06. The van der Waals surface area contributed by atoms with Crippen molar-refractivity contribution in [3.05, 3.63) is 35.9 Å². The monoisotopic (exact) mass is 276 g/mol. The zero-order valence-electron chi connectivity index (χ0n) is 12.4. The number of rotatable bonds is 9. The first kappa shape index (κ1) is 16.3. The SMILES string of the molecule is CCCCCC(=O)/C=C/CCc1ccc(O)c(OC)c1. The number of carbonyl (C=O) groups excluding carboxylic acids is 1. The van der Waals surface area contributed by atoms with Crippen LogP contribution in [0.4, 0.5) is 0 Å². The Kier molecular flexibility index (Phi) is 7.48. The van der Waals surface area contributed by atoms with Crippen LogP contribution >= 0.6 is 0 Å². The maximum Gasteiger partial charge on any atom is 0.160 e. The normalized spacial score (nSPS) is 10.9. The smallest absolute Gasteiger partial charge is 0.160 e. The molecule has 0 heterocycles. The molecule has 0 saturated carbocycles. The third-order valence-corrected chi connectivity index (χ3v) is 3.17. The molecule has 1 aromatic rings. The molecule has 1 N–H and O–H groups in total. The number of ketones is 1. The quantitative estimate of drug-likeness (QED) is 0.547. The average molecular weight is 276 g/mol. The molecule has 3 nitrogen and oxygen atoms in total. The van der Waals surface area contributed by atoms with Gasteiger partial charge in [-0.15, -0.1) is 0 Å². The van der Waals surface area contributed by atoms with Crippen molar-refractivity contribution in [2.45, 2.75) is 45.4 Å². The van der Waals surface area contributed by atoms with Crippen LogP contribution in [-0.4, -0.2) is 18.0 Å². The van der Waals surface area contributed by atoms with Gasteiger partial charge < -0.3 is 9.84 Å². The average Bonchev–Trinajstić information content (AvgIpc) is 2.45. The fourth-order valence-electron chi connectivity index (χ4n) is 1.97. The number of unbranched alkanes of at least 4 members (excludes halogenated alkanes) is 2. The van der Waals surface area contributed by atoms with Crippen molar-refractivity contribution in [3.8, 4) is 11.5 Å². The summed E-state index contributed by atoms with van der Waals surface area (Å²) in [6, 6.07) is 5.33. The highest BCUT2D eigenvalue weighted by Crippen LogP contribution is 2.26. The van der Waals surface area contributed by atoms with E-state index in [1.807, 2.05) is 18.2 Å². The maximum absolute atomic E-state index is 11.5. The Morgan fingerprint density at radius 3 is 2.85 bits per heavy atom. The highest BCUT2D eigenvalue weighted by molar-refractivity contribution is 5.89. The van der Waals surface area contributed by atoms with E-state index in [1.54, 1.807) is 12.1 Å². The predicted molar refractivity (Wildman–Crippen MR) is 81.3 cm³/mol. The molecule has 0 spiro atoms. The molecular formula is C17H24O3. The van der Waals surface area contributed by atoms with Gasteiger partial charge in [-0.05, 0) is 43.0 Å². The molecule has 0 aliphatic rings. The first-order valence-electron chi connectivity index (χ1n) is 7.22. The van der Waals surface area contributed by atoms with Gasteiger partial charge in [0, 0.05) is 6.42 Å². The molecule has 0 amide bonds. The lowest BCUT2D eigenvalue weighted by molar-refractivity contribution is -0.114. The highest BCUT2D eigenvalue weighted by Gasteiger charge is 2.02. The van der Waals surface area contributed by atoms with Crippen LogP contribution in [0.2, 0.25) is 0 Å². The highest BCUT2D eigenvalue weighted by atomic mass is 16.5. The van der Waals surface area contributed by atoms with Crippen molar-refractivity contribution < 1.29 is 14.6 Å². The van der Waals surface area contributed by atoms with E-state index in [1.165, 1.54) is 7.11 Å². The number of hydrogen-bond donors (Lipinski definition) is 1. The van der Waals surface area contributed by atoms with Gasteiger partial charge in [-0.1, -0.05) is 31.9 Å². The summed E-state index contributed by atoms with van der Waals surface area (Å²) in [6.45, 7) is 2.13. The van der Waals surface area contributed by atoms with Crippen LogP contribution in [0.3, 0.4) is 0 Å². The molecule has 0 bridgehead atoms. The Bertz CT molecular complexity index is 450. The molecule has 110 valence electrons. The molecule has 1 rings (SSSR count). The molecule has 0 saturated heterocycles. The van der Waals surface area contributed by atoms with E-state index in [9.17, 15) is 9.90 Å². The number of carbonyl (C=O) groups is 1. The Morgan fingerprint density at radius 2 is 2.15 bits per heavy atom. The van der Waals surface area contributed by atoms with Crippen LogP contribution in [0.5, 0.6) is 11.5 Å². The van der Waals surface area contributed by atoms with Crippen LogP contribution < -0.4 is 4.74 Å². The van der Waals surface area contributed by atoms with Gasteiger partial charge in [0.1, 0.15) is 0 Å². The van der Waals surface area contributed by atoms with Crippen molar-refractivity contribution in [2.24, 2.45) is 0 Å². The van der Waals surface area contributed by atoms with Gasteiger partial charge in [-0.2, -0.15) is 0 Å². The molecule has 0 aromatic heterocycles. The first-order valence-corrected chi connectivity index (χ1v) is 7.22. The summed E-state index contributed by atoms with van der Waals surface area (Å²) in [5.74, 6) is 0.849. The lowest BCUT2D eigenvalue weighted by Crippen LogP contribution is -1.92.